The van der Waals surface area contributed by atoms with Crippen molar-refractivity contribution in [2.45, 2.75) is 32.7 Å². The lowest BCUT2D eigenvalue weighted by Crippen LogP contribution is -2.62. The zero-order chi connectivity index (χ0) is 20.5. The van der Waals surface area contributed by atoms with E-state index >= 15 is 0 Å². The Hall–Kier alpha value is -2.83. The van der Waals surface area contributed by atoms with Crippen molar-refractivity contribution in [3.8, 4) is 11.5 Å². The van der Waals surface area contributed by atoms with Crippen LogP contribution in [0.3, 0.4) is 0 Å². The number of likely N-dealkylation sites (tertiary alicyclic amines) is 2. The number of ether oxygens (including phenoxy) is 2. The molecule has 3 amide bonds. The second kappa shape index (κ2) is 7.89. The molecule has 0 saturated carbocycles. The van der Waals surface area contributed by atoms with E-state index in [1.165, 1.54) is 4.90 Å². The van der Waals surface area contributed by atoms with Gasteiger partial charge in [-0.05, 0) is 44.9 Å². The van der Waals surface area contributed by atoms with Crippen LogP contribution in [0.2, 0.25) is 0 Å². The molecule has 2 unspecified atom stereocenters. The summed E-state index contributed by atoms with van der Waals surface area (Å²) in [5.74, 6) is 0.399. The maximum absolute atomic E-state index is 12.9. The average Bonchev–Trinajstić information content (AvgIpc) is 2.94. The van der Waals surface area contributed by atoms with Gasteiger partial charge in [0.25, 0.3) is 5.91 Å². The second-order valence-corrected chi connectivity index (χ2v) is 7.59. The third kappa shape index (κ3) is 3.39. The minimum absolute atomic E-state index is 0.0823. The number of hydrogen-bond donors (Lipinski definition) is 0. The molecule has 0 spiro atoms. The van der Waals surface area contributed by atoms with Crippen LogP contribution in [-0.4, -0.2) is 59.9 Å². The van der Waals surface area contributed by atoms with Gasteiger partial charge in [-0.3, -0.25) is 19.3 Å². The molecule has 4 rings (SSSR count). The van der Waals surface area contributed by atoms with Gasteiger partial charge in [0, 0.05) is 18.7 Å². The highest BCUT2D eigenvalue weighted by molar-refractivity contribution is 6.06. The Morgan fingerprint density at radius 2 is 1.55 bits per heavy atom. The maximum atomic E-state index is 12.9. The average molecular weight is 398 g/mol. The van der Waals surface area contributed by atoms with Crippen LogP contribution in [-0.2, 0) is 9.59 Å². The van der Waals surface area contributed by atoms with Gasteiger partial charge in [0.1, 0.15) is 0 Å². The first kappa shape index (κ1) is 19.5. The van der Waals surface area contributed by atoms with Crippen molar-refractivity contribution in [2.24, 2.45) is 11.8 Å². The normalized spacial score (nSPS) is 23.8. The molecule has 2 saturated heterocycles. The number of allylic oxidation sites excluding steroid dienone is 2. The van der Waals surface area contributed by atoms with Crippen LogP contribution in [0.15, 0.2) is 30.4 Å². The second-order valence-electron chi connectivity index (χ2n) is 7.59. The molecule has 0 aromatic heterocycles. The predicted octanol–water partition coefficient (Wildman–Crippen LogP) is 2.26. The Labute approximate surface area is 170 Å². The molecule has 3 aliphatic rings. The van der Waals surface area contributed by atoms with E-state index in [1.807, 2.05) is 26.0 Å². The molecule has 7 heteroatoms. The van der Waals surface area contributed by atoms with Crippen LogP contribution in [0.4, 0.5) is 0 Å². The molecule has 7 nitrogen and oxygen atoms in total. The molecule has 2 atom stereocenters. The van der Waals surface area contributed by atoms with Crippen LogP contribution in [0.5, 0.6) is 11.5 Å². The predicted molar refractivity (Wildman–Crippen MR) is 106 cm³/mol. The van der Waals surface area contributed by atoms with Gasteiger partial charge in [0.05, 0.1) is 31.1 Å². The van der Waals surface area contributed by atoms with Crippen molar-refractivity contribution in [2.75, 3.05) is 26.3 Å². The molecule has 29 heavy (non-hydrogen) atoms. The molecule has 154 valence electrons. The summed E-state index contributed by atoms with van der Waals surface area (Å²) < 4.78 is 11.1. The summed E-state index contributed by atoms with van der Waals surface area (Å²) in [5.41, 5.74) is 0.507. The summed E-state index contributed by atoms with van der Waals surface area (Å²) in [6, 6.07) is 4.93. The maximum Gasteiger partial charge on any atom is 0.254 e. The highest BCUT2D eigenvalue weighted by atomic mass is 16.5. The van der Waals surface area contributed by atoms with Crippen LogP contribution in [0.25, 0.3) is 0 Å². The van der Waals surface area contributed by atoms with Gasteiger partial charge >= 0.3 is 0 Å². The van der Waals surface area contributed by atoms with Gasteiger partial charge in [-0.15, -0.1) is 0 Å². The number of rotatable bonds is 6. The number of fused-ring (bicyclic) bond motifs is 1. The molecule has 1 aromatic rings. The largest absolute Gasteiger partial charge is 0.490 e. The first-order chi connectivity index (χ1) is 14.0. The van der Waals surface area contributed by atoms with Crippen LogP contribution in [0, 0.1) is 11.8 Å². The van der Waals surface area contributed by atoms with Crippen molar-refractivity contribution >= 4 is 17.7 Å². The summed E-state index contributed by atoms with van der Waals surface area (Å²) in [7, 11) is 0. The summed E-state index contributed by atoms with van der Waals surface area (Å²) in [5, 5.41) is 0. The summed E-state index contributed by atoms with van der Waals surface area (Å²) >= 11 is 0. The van der Waals surface area contributed by atoms with Crippen LogP contribution in [0.1, 0.15) is 37.0 Å². The van der Waals surface area contributed by atoms with Crippen LogP contribution >= 0.6 is 0 Å². The highest BCUT2D eigenvalue weighted by Gasteiger charge is 2.52. The quantitative estimate of drug-likeness (QED) is 0.543. The van der Waals surface area contributed by atoms with E-state index in [0.717, 1.165) is 0 Å². The van der Waals surface area contributed by atoms with Gasteiger partial charge in [-0.1, -0.05) is 12.2 Å². The van der Waals surface area contributed by atoms with E-state index in [0.29, 0.717) is 56.2 Å². The molecular formula is C22H26N2O5. The van der Waals surface area contributed by atoms with Crippen molar-refractivity contribution in [1.29, 1.82) is 0 Å². The molecule has 2 aliphatic heterocycles. The molecule has 0 bridgehead atoms. The van der Waals surface area contributed by atoms with E-state index in [4.69, 9.17) is 9.47 Å². The number of carbonyl (C=O) groups excluding carboxylic acids is 3. The van der Waals surface area contributed by atoms with E-state index < -0.39 is 0 Å². The smallest absolute Gasteiger partial charge is 0.254 e. The zero-order valence-electron chi connectivity index (χ0n) is 16.8. The molecule has 2 fully saturated rings. The first-order valence-electron chi connectivity index (χ1n) is 10.3. The number of carbonyl (C=O) groups is 3. The van der Waals surface area contributed by atoms with Crippen molar-refractivity contribution in [1.82, 2.24) is 9.80 Å². The van der Waals surface area contributed by atoms with E-state index in [-0.39, 0.29) is 35.6 Å². The Kier molecular flexibility index (Phi) is 5.30. The number of benzene rings is 1. The Morgan fingerprint density at radius 1 is 0.966 bits per heavy atom. The van der Waals surface area contributed by atoms with Gasteiger partial charge in [0.15, 0.2) is 11.5 Å². The van der Waals surface area contributed by atoms with E-state index in [2.05, 4.69) is 0 Å². The Bertz CT molecular complexity index is 833. The van der Waals surface area contributed by atoms with Crippen molar-refractivity contribution < 1.29 is 23.9 Å². The topological polar surface area (TPSA) is 76.2 Å². The number of imide groups is 1. The van der Waals surface area contributed by atoms with Gasteiger partial charge < -0.3 is 14.4 Å². The lowest BCUT2D eigenvalue weighted by molar-refractivity contribution is -0.145. The summed E-state index contributed by atoms with van der Waals surface area (Å²) in [6.45, 7) is 5.50. The fourth-order valence-corrected chi connectivity index (χ4v) is 4.34. The van der Waals surface area contributed by atoms with Crippen LogP contribution < -0.4 is 9.47 Å². The number of nitrogens with zero attached hydrogens (tertiary/aromatic N) is 2. The van der Waals surface area contributed by atoms with Crippen molar-refractivity contribution in [3.05, 3.63) is 35.9 Å². The fraction of sp³-hybridized carbons (Fsp3) is 0.500. The van der Waals surface area contributed by atoms with Gasteiger partial charge in [0.2, 0.25) is 11.8 Å². The third-order valence-corrected chi connectivity index (χ3v) is 5.85. The highest BCUT2D eigenvalue weighted by Crippen LogP contribution is 2.38. The summed E-state index contributed by atoms with van der Waals surface area (Å²) in [6.07, 6.45) is 5.23. The zero-order valence-corrected chi connectivity index (χ0v) is 16.8. The molecule has 1 aromatic carbocycles. The van der Waals surface area contributed by atoms with E-state index in [9.17, 15) is 14.4 Å². The molecule has 0 radical (unpaired) electrons. The molecule has 2 heterocycles. The summed E-state index contributed by atoms with van der Waals surface area (Å²) in [4.78, 5) is 41.3. The fourth-order valence-electron chi connectivity index (χ4n) is 4.34. The SMILES string of the molecule is CCOc1ccc(C(=O)N2CC(N3C(=O)C4CC=CCC4C3=O)C2)cc1OCC. The lowest BCUT2D eigenvalue weighted by atomic mass is 9.85. The van der Waals surface area contributed by atoms with Crippen molar-refractivity contribution in [3.63, 3.8) is 0 Å². The number of hydrogen-bond acceptors (Lipinski definition) is 5. The minimum atomic E-state index is -0.225. The third-order valence-electron chi connectivity index (χ3n) is 5.85. The molecular weight excluding hydrogens is 372 g/mol. The molecule has 0 N–H and O–H groups in total. The first-order valence-corrected chi connectivity index (χ1v) is 10.3. The van der Waals surface area contributed by atoms with Gasteiger partial charge in [-0.2, -0.15) is 0 Å². The Balaban J connectivity index is 1.42. The van der Waals surface area contributed by atoms with E-state index in [1.54, 1.807) is 23.1 Å². The molecule has 1 aliphatic carbocycles. The standard InChI is InChI=1S/C22H26N2O5/c1-3-28-18-10-9-14(11-19(18)29-4-2)20(25)23-12-15(13-23)24-21(26)16-7-5-6-8-17(16)22(24)27/h5-6,9-11,15-17H,3-4,7-8,12-13H2,1-2H3. The Morgan fingerprint density at radius 3 is 2.14 bits per heavy atom. The van der Waals surface area contributed by atoms with Gasteiger partial charge in [-0.25, -0.2) is 0 Å². The number of amides is 3. The lowest BCUT2D eigenvalue weighted by Gasteiger charge is -2.43. The monoisotopic (exact) mass is 398 g/mol. The minimum Gasteiger partial charge on any atom is -0.490 e.